The van der Waals surface area contributed by atoms with E-state index in [0.717, 1.165) is 32.0 Å². The van der Waals surface area contributed by atoms with E-state index in [1.54, 1.807) is 30.3 Å². The van der Waals surface area contributed by atoms with E-state index in [2.05, 4.69) is 5.18 Å². The zero-order chi connectivity index (χ0) is 16.4. The molecule has 2 aromatic carbocycles. The summed E-state index contributed by atoms with van der Waals surface area (Å²) in [5, 5.41) is 22.2. The first-order valence-electron chi connectivity index (χ1n) is 7.10. The molecule has 0 spiro atoms. The molecule has 0 bridgehead atoms. The van der Waals surface area contributed by atoms with Gasteiger partial charge < -0.3 is 10.2 Å². The summed E-state index contributed by atoms with van der Waals surface area (Å²) in [4.78, 5) is 12.7. The molecule has 1 heterocycles. The molecule has 0 amide bonds. The molecule has 0 aliphatic carbocycles. The maximum absolute atomic E-state index is 10.8. The largest absolute Gasteiger partial charge is 0.508 e. The monoisotopic (exact) mass is 325 g/mol. The van der Waals surface area contributed by atoms with Gasteiger partial charge in [-0.3, -0.25) is 0 Å². The Balaban J connectivity index is 2.19. The van der Waals surface area contributed by atoms with Crippen LogP contribution in [0.25, 0.3) is 21.6 Å². The van der Waals surface area contributed by atoms with Crippen LogP contribution >= 0.6 is 11.3 Å². The molecule has 5 heteroatoms. The molecule has 2 N–H and O–H groups in total. The third-order valence-corrected chi connectivity index (χ3v) is 5.02. The molecule has 0 unspecified atom stereocenters. The molecule has 0 fully saturated rings. The van der Waals surface area contributed by atoms with Crippen LogP contribution in [0.15, 0.2) is 53.7 Å². The molecule has 4 nitrogen and oxygen atoms in total. The second-order valence-electron chi connectivity index (χ2n) is 5.24. The van der Waals surface area contributed by atoms with Crippen molar-refractivity contribution in [2.24, 2.45) is 5.18 Å². The van der Waals surface area contributed by atoms with E-state index < -0.39 is 0 Å². The minimum atomic E-state index is 0.0918. The van der Waals surface area contributed by atoms with E-state index in [9.17, 15) is 15.1 Å². The van der Waals surface area contributed by atoms with Gasteiger partial charge in [0, 0.05) is 15.3 Å². The first-order valence-corrected chi connectivity index (χ1v) is 7.92. The number of aromatic hydroxyl groups is 2. The van der Waals surface area contributed by atoms with Crippen LogP contribution in [-0.2, 0) is 6.54 Å². The first-order chi connectivity index (χ1) is 11.1. The molecule has 0 saturated carbocycles. The Morgan fingerprint density at radius 2 is 1.74 bits per heavy atom. The van der Waals surface area contributed by atoms with E-state index in [-0.39, 0.29) is 18.0 Å². The highest BCUT2D eigenvalue weighted by molar-refractivity contribution is 7.16. The van der Waals surface area contributed by atoms with Crippen LogP contribution in [0.5, 0.6) is 11.5 Å². The molecular weight excluding hydrogens is 310 g/mol. The standard InChI is InChI=1S/C18H15NO3S/c1-11-17(13-3-2-4-15(21)9-13)16(10-19-22)23-18(11)12-5-7-14(20)8-6-12/h2-9,20-21H,10H2,1H3. The summed E-state index contributed by atoms with van der Waals surface area (Å²) in [6.45, 7) is 2.08. The minimum absolute atomic E-state index is 0.0918. The van der Waals surface area contributed by atoms with E-state index in [0.29, 0.717) is 0 Å². The number of nitrogens with zero attached hydrogens (tertiary/aromatic N) is 1. The van der Waals surface area contributed by atoms with Crippen molar-refractivity contribution < 1.29 is 10.2 Å². The van der Waals surface area contributed by atoms with Crippen molar-refractivity contribution in [3.63, 3.8) is 0 Å². The Morgan fingerprint density at radius 1 is 1.00 bits per heavy atom. The van der Waals surface area contributed by atoms with Gasteiger partial charge in [0.2, 0.25) is 0 Å². The van der Waals surface area contributed by atoms with Crippen LogP contribution < -0.4 is 0 Å². The molecule has 3 rings (SSSR count). The van der Waals surface area contributed by atoms with Gasteiger partial charge in [-0.15, -0.1) is 11.3 Å². The summed E-state index contributed by atoms with van der Waals surface area (Å²) < 4.78 is 0. The van der Waals surface area contributed by atoms with Crippen LogP contribution in [0.2, 0.25) is 0 Å². The fourth-order valence-corrected chi connectivity index (χ4v) is 3.92. The number of thiophene rings is 1. The van der Waals surface area contributed by atoms with Crippen molar-refractivity contribution >= 4 is 11.3 Å². The van der Waals surface area contributed by atoms with Crippen molar-refractivity contribution in [1.29, 1.82) is 0 Å². The van der Waals surface area contributed by atoms with Crippen LogP contribution in [-0.4, -0.2) is 10.2 Å². The molecule has 116 valence electrons. The van der Waals surface area contributed by atoms with Crippen molar-refractivity contribution in [1.82, 2.24) is 0 Å². The second-order valence-corrected chi connectivity index (χ2v) is 6.34. The van der Waals surface area contributed by atoms with Gasteiger partial charge in [0.1, 0.15) is 18.0 Å². The van der Waals surface area contributed by atoms with Crippen molar-refractivity contribution in [2.75, 3.05) is 0 Å². The normalized spacial score (nSPS) is 10.7. The Morgan fingerprint density at radius 3 is 2.39 bits per heavy atom. The minimum Gasteiger partial charge on any atom is -0.508 e. The Hall–Kier alpha value is -2.66. The van der Waals surface area contributed by atoms with Crippen molar-refractivity contribution in [3.8, 4) is 33.1 Å². The molecule has 0 atom stereocenters. The van der Waals surface area contributed by atoms with E-state index in [1.807, 2.05) is 25.1 Å². The second kappa shape index (κ2) is 6.22. The van der Waals surface area contributed by atoms with Gasteiger partial charge in [-0.2, -0.15) is 4.91 Å². The number of hydrogen-bond donors (Lipinski definition) is 2. The summed E-state index contributed by atoms with van der Waals surface area (Å²) >= 11 is 1.51. The highest BCUT2D eigenvalue weighted by Crippen LogP contribution is 2.43. The molecule has 0 aliphatic rings. The van der Waals surface area contributed by atoms with Crippen LogP contribution in [0.3, 0.4) is 0 Å². The average molecular weight is 325 g/mol. The molecule has 0 aliphatic heterocycles. The zero-order valence-electron chi connectivity index (χ0n) is 12.5. The van der Waals surface area contributed by atoms with E-state index in [4.69, 9.17) is 0 Å². The van der Waals surface area contributed by atoms with E-state index in [1.165, 1.54) is 11.3 Å². The maximum Gasteiger partial charge on any atom is 0.116 e. The number of phenols is 2. The van der Waals surface area contributed by atoms with Crippen LogP contribution in [0, 0.1) is 11.8 Å². The summed E-state index contributed by atoms with van der Waals surface area (Å²) in [5.74, 6) is 0.398. The lowest BCUT2D eigenvalue weighted by Crippen LogP contribution is -1.85. The number of rotatable bonds is 4. The zero-order valence-corrected chi connectivity index (χ0v) is 13.3. The lowest BCUT2D eigenvalue weighted by Gasteiger charge is -2.05. The molecule has 0 radical (unpaired) electrons. The van der Waals surface area contributed by atoms with Gasteiger partial charge in [0.05, 0.1) is 0 Å². The van der Waals surface area contributed by atoms with Crippen LogP contribution in [0.1, 0.15) is 10.4 Å². The Bertz CT molecular complexity index is 853. The van der Waals surface area contributed by atoms with Crippen LogP contribution in [0.4, 0.5) is 0 Å². The Kier molecular flexibility index (Phi) is 4.12. The number of hydrogen-bond acceptors (Lipinski definition) is 5. The quantitative estimate of drug-likeness (QED) is 0.658. The molecule has 23 heavy (non-hydrogen) atoms. The SMILES string of the molecule is Cc1c(-c2ccc(O)cc2)sc(CN=O)c1-c1cccc(O)c1. The third kappa shape index (κ3) is 2.96. The first kappa shape index (κ1) is 15.2. The molecule has 3 aromatic rings. The number of benzene rings is 2. The van der Waals surface area contributed by atoms with E-state index >= 15 is 0 Å². The van der Waals surface area contributed by atoms with Gasteiger partial charge in [-0.1, -0.05) is 17.3 Å². The van der Waals surface area contributed by atoms with Crippen molar-refractivity contribution in [3.05, 3.63) is 63.9 Å². The average Bonchev–Trinajstić information content (AvgIpc) is 2.85. The highest BCUT2D eigenvalue weighted by atomic mass is 32.1. The smallest absolute Gasteiger partial charge is 0.116 e. The van der Waals surface area contributed by atoms with Gasteiger partial charge >= 0.3 is 0 Å². The predicted molar refractivity (Wildman–Crippen MR) is 92.8 cm³/mol. The topological polar surface area (TPSA) is 69.9 Å². The molecule has 0 saturated heterocycles. The van der Waals surface area contributed by atoms with Gasteiger partial charge in [0.15, 0.2) is 0 Å². The van der Waals surface area contributed by atoms with Crippen molar-refractivity contribution in [2.45, 2.75) is 13.5 Å². The summed E-state index contributed by atoms with van der Waals surface area (Å²) in [7, 11) is 0. The summed E-state index contributed by atoms with van der Waals surface area (Å²) in [6, 6.07) is 14.0. The summed E-state index contributed by atoms with van der Waals surface area (Å²) in [5.41, 5.74) is 3.81. The summed E-state index contributed by atoms with van der Waals surface area (Å²) in [6.07, 6.45) is 0. The molecular formula is C18H15NO3S. The lowest BCUT2D eigenvalue weighted by molar-refractivity contribution is 0.475. The third-order valence-electron chi connectivity index (χ3n) is 3.69. The number of nitroso groups, excluding NO2 is 1. The maximum atomic E-state index is 10.8. The number of phenolic OH excluding ortho intramolecular Hbond substituents is 2. The highest BCUT2D eigenvalue weighted by Gasteiger charge is 2.18. The fraction of sp³-hybridized carbons (Fsp3) is 0.111. The Labute approximate surface area is 137 Å². The van der Waals surface area contributed by atoms with Gasteiger partial charge in [-0.25, -0.2) is 0 Å². The predicted octanol–water partition coefficient (Wildman–Crippen LogP) is 5.07. The lowest BCUT2D eigenvalue weighted by atomic mass is 9.99. The molecule has 1 aromatic heterocycles. The fourth-order valence-electron chi connectivity index (χ4n) is 2.67. The van der Waals surface area contributed by atoms with Gasteiger partial charge in [-0.05, 0) is 60.0 Å². The van der Waals surface area contributed by atoms with Gasteiger partial charge in [0.25, 0.3) is 0 Å².